The summed E-state index contributed by atoms with van der Waals surface area (Å²) in [4.78, 5) is 36.6. The first-order valence-corrected chi connectivity index (χ1v) is 9.09. The SMILES string of the molecule is CC(=O)c1cccc(NC(=O)C(Cc2ccccc2)NC(=O)OC(C)(C)C)c1. The highest BCUT2D eigenvalue weighted by Gasteiger charge is 2.25. The Morgan fingerprint density at radius 1 is 1.00 bits per heavy atom. The molecule has 2 amide bonds. The number of Topliss-reactive ketones (excluding diaryl/α,β-unsaturated/α-hetero) is 1. The molecule has 148 valence electrons. The first-order valence-electron chi connectivity index (χ1n) is 9.09. The van der Waals surface area contributed by atoms with Gasteiger partial charge in [0.25, 0.3) is 0 Å². The van der Waals surface area contributed by atoms with Crippen LogP contribution in [-0.2, 0) is 16.0 Å². The molecular formula is C22H26N2O4. The molecule has 2 aromatic rings. The Kier molecular flexibility index (Phi) is 6.93. The van der Waals surface area contributed by atoms with E-state index in [-0.39, 0.29) is 5.78 Å². The quantitative estimate of drug-likeness (QED) is 0.741. The van der Waals surface area contributed by atoms with Crippen molar-refractivity contribution in [2.24, 2.45) is 0 Å². The minimum Gasteiger partial charge on any atom is -0.444 e. The van der Waals surface area contributed by atoms with Crippen molar-refractivity contribution in [1.29, 1.82) is 0 Å². The van der Waals surface area contributed by atoms with Crippen LogP contribution in [0.2, 0.25) is 0 Å². The highest BCUT2D eigenvalue weighted by atomic mass is 16.6. The van der Waals surface area contributed by atoms with E-state index in [4.69, 9.17) is 4.74 Å². The van der Waals surface area contributed by atoms with E-state index in [9.17, 15) is 14.4 Å². The molecule has 2 N–H and O–H groups in total. The van der Waals surface area contributed by atoms with Crippen LogP contribution in [0, 0.1) is 0 Å². The van der Waals surface area contributed by atoms with Gasteiger partial charge in [-0.2, -0.15) is 0 Å². The molecule has 0 fully saturated rings. The number of carbonyl (C=O) groups excluding carboxylic acids is 3. The minimum absolute atomic E-state index is 0.0937. The molecule has 0 aliphatic rings. The van der Waals surface area contributed by atoms with Gasteiger partial charge in [0.1, 0.15) is 11.6 Å². The number of anilines is 1. The maximum Gasteiger partial charge on any atom is 0.408 e. The summed E-state index contributed by atoms with van der Waals surface area (Å²) < 4.78 is 5.28. The van der Waals surface area contributed by atoms with Gasteiger partial charge in [0.15, 0.2) is 5.78 Å². The molecule has 6 nitrogen and oxygen atoms in total. The number of alkyl carbamates (subject to hydrolysis) is 1. The smallest absolute Gasteiger partial charge is 0.408 e. The molecule has 28 heavy (non-hydrogen) atoms. The second-order valence-electron chi connectivity index (χ2n) is 7.51. The highest BCUT2D eigenvalue weighted by Crippen LogP contribution is 2.13. The van der Waals surface area contributed by atoms with E-state index in [1.807, 2.05) is 30.3 Å². The van der Waals surface area contributed by atoms with Gasteiger partial charge in [-0.25, -0.2) is 4.79 Å². The Labute approximate surface area is 165 Å². The molecule has 0 aliphatic carbocycles. The summed E-state index contributed by atoms with van der Waals surface area (Å²) in [5, 5.41) is 5.40. The van der Waals surface area contributed by atoms with E-state index >= 15 is 0 Å². The monoisotopic (exact) mass is 382 g/mol. The maximum atomic E-state index is 12.8. The van der Waals surface area contributed by atoms with Gasteiger partial charge in [-0.1, -0.05) is 42.5 Å². The third-order valence-electron chi connectivity index (χ3n) is 3.83. The topological polar surface area (TPSA) is 84.5 Å². The third kappa shape index (κ3) is 6.87. The predicted molar refractivity (Wildman–Crippen MR) is 108 cm³/mol. The molecule has 0 aromatic heterocycles. The Balaban J connectivity index is 2.17. The van der Waals surface area contributed by atoms with Crippen LogP contribution in [0.4, 0.5) is 10.5 Å². The normalized spacial score (nSPS) is 12.0. The average molecular weight is 382 g/mol. The van der Waals surface area contributed by atoms with E-state index in [0.717, 1.165) is 5.56 Å². The van der Waals surface area contributed by atoms with Gasteiger partial charge in [0, 0.05) is 17.7 Å². The van der Waals surface area contributed by atoms with Crippen LogP contribution in [0.3, 0.4) is 0 Å². The summed E-state index contributed by atoms with van der Waals surface area (Å²) in [7, 11) is 0. The van der Waals surface area contributed by atoms with Gasteiger partial charge in [0.2, 0.25) is 5.91 Å². The second-order valence-corrected chi connectivity index (χ2v) is 7.51. The van der Waals surface area contributed by atoms with Crippen molar-refractivity contribution in [2.45, 2.75) is 45.8 Å². The van der Waals surface area contributed by atoms with E-state index in [1.54, 1.807) is 45.0 Å². The van der Waals surface area contributed by atoms with Crippen LogP contribution in [-0.4, -0.2) is 29.4 Å². The number of amides is 2. The molecule has 0 bridgehead atoms. The van der Waals surface area contributed by atoms with Gasteiger partial charge in [-0.3, -0.25) is 9.59 Å². The molecular weight excluding hydrogens is 356 g/mol. The largest absolute Gasteiger partial charge is 0.444 e. The van der Waals surface area contributed by atoms with Crippen molar-refractivity contribution in [3.63, 3.8) is 0 Å². The number of ketones is 1. The van der Waals surface area contributed by atoms with Gasteiger partial charge in [0.05, 0.1) is 0 Å². The predicted octanol–water partition coefficient (Wildman–Crippen LogP) is 3.96. The summed E-state index contributed by atoms with van der Waals surface area (Å²) >= 11 is 0. The fraction of sp³-hybridized carbons (Fsp3) is 0.318. The summed E-state index contributed by atoms with van der Waals surface area (Å²) in [6.45, 7) is 6.73. The lowest BCUT2D eigenvalue weighted by Gasteiger charge is -2.23. The summed E-state index contributed by atoms with van der Waals surface area (Å²) in [6.07, 6.45) is -0.362. The molecule has 2 aromatic carbocycles. The number of nitrogens with one attached hydrogen (secondary N) is 2. The molecule has 0 saturated heterocycles. The summed E-state index contributed by atoms with van der Waals surface area (Å²) in [5.41, 5.74) is 1.21. The van der Waals surface area contributed by atoms with Crippen molar-refractivity contribution >= 4 is 23.5 Å². The lowest BCUT2D eigenvalue weighted by molar-refractivity contribution is -0.118. The zero-order valence-electron chi connectivity index (χ0n) is 16.6. The molecule has 6 heteroatoms. The van der Waals surface area contributed by atoms with Crippen molar-refractivity contribution in [3.05, 3.63) is 65.7 Å². The highest BCUT2D eigenvalue weighted by molar-refractivity contribution is 5.99. The fourth-order valence-electron chi connectivity index (χ4n) is 2.55. The first-order chi connectivity index (χ1) is 13.1. The molecule has 0 saturated carbocycles. The second kappa shape index (κ2) is 9.17. The number of benzene rings is 2. The molecule has 0 aliphatic heterocycles. The zero-order valence-corrected chi connectivity index (χ0v) is 16.6. The zero-order chi connectivity index (χ0) is 20.7. The molecule has 2 rings (SSSR count). The van der Waals surface area contributed by atoms with E-state index < -0.39 is 23.6 Å². The number of hydrogen-bond donors (Lipinski definition) is 2. The molecule has 0 spiro atoms. The van der Waals surface area contributed by atoms with Crippen molar-refractivity contribution in [1.82, 2.24) is 5.32 Å². The first kappa shape index (κ1) is 21.2. The van der Waals surface area contributed by atoms with Crippen LogP contribution in [0.5, 0.6) is 0 Å². The van der Waals surface area contributed by atoms with Crippen molar-refractivity contribution in [2.75, 3.05) is 5.32 Å². The van der Waals surface area contributed by atoms with Gasteiger partial charge >= 0.3 is 6.09 Å². The molecule has 1 atom stereocenters. The van der Waals surface area contributed by atoms with Crippen LogP contribution >= 0.6 is 0 Å². The van der Waals surface area contributed by atoms with Crippen LogP contribution in [0.25, 0.3) is 0 Å². The van der Waals surface area contributed by atoms with Crippen molar-refractivity contribution < 1.29 is 19.1 Å². The standard InChI is InChI=1S/C22H26N2O4/c1-15(25)17-11-8-12-18(14-17)23-20(26)19(13-16-9-6-5-7-10-16)24-21(27)28-22(2,3)4/h5-12,14,19H,13H2,1-4H3,(H,23,26)(H,24,27). The van der Waals surface area contributed by atoms with E-state index in [1.165, 1.54) is 6.92 Å². The third-order valence-corrected chi connectivity index (χ3v) is 3.83. The fourth-order valence-corrected chi connectivity index (χ4v) is 2.55. The van der Waals surface area contributed by atoms with Gasteiger partial charge in [-0.15, -0.1) is 0 Å². The minimum atomic E-state index is -0.835. The maximum absolute atomic E-state index is 12.8. The summed E-state index contributed by atoms with van der Waals surface area (Å²) in [6, 6.07) is 15.2. The van der Waals surface area contributed by atoms with Crippen LogP contribution in [0.1, 0.15) is 43.6 Å². The number of hydrogen-bond acceptors (Lipinski definition) is 4. The lowest BCUT2D eigenvalue weighted by Crippen LogP contribution is -2.47. The Bertz CT molecular complexity index is 841. The Hall–Kier alpha value is -3.15. The van der Waals surface area contributed by atoms with E-state index in [2.05, 4.69) is 10.6 Å². The van der Waals surface area contributed by atoms with Crippen LogP contribution < -0.4 is 10.6 Å². The number of ether oxygens (including phenoxy) is 1. The molecule has 0 radical (unpaired) electrons. The van der Waals surface area contributed by atoms with Crippen molar-refractivity contribution in [3.8, 4) is 0 Å². The number of rotatable bonds is 6. The number of carbonyl (C=O) groups is 3. The van der Waals surface area contributed by atoms with E-state index in [0.29, 0.717) is 17.7 Å². The summed E-state index contributed by atoms with van der Waals surface area (Å²) in [5.74, 6) is -0.487. The lowest BCUT2D eigenvalue weighted by atomic mass is 10.0. The van der Waals surface area contributed by atoms with Gasteiger partial charge in [-0.05, 0) is 45.4 Å². The average Bonchev–Trinajstić information content (AvgIpc) is 2.60. The molecule has 0 heterocycles. The molecule has 1 unspecified atom stereocenters. The van der Waals surface area contributed by atoms with Gasteiger partial charge < -0.3 is 15.4 Å². The Morgan fingerprint density at radius 3 is 2.29 bits per heavy atom. The Morgan fingerprint density at radius 2 is 1.68 bits per heavy atom. The van der Waals surface area contributed by atoms with Crippen LogP contribution in [0.15, 0.2) is 54.6 Å².